The number of nitrogens with zero attached hydrogens (tertiary/aromatic N) is 1. The van der Waals surface area contributed by atoms with Gasteiger partial charge in [0.05, 0.1) is 5.69 Å². The molecule has 3 nitrogen and oxygen atoms in total. The molecule has 58 valence electrons. The zero-order valence-electron chi connectivity index (χ0n) is 5.36. The first kappa shape index (κ1) is 8.23. The highest BCUT2D eigenvalue weighted by atomic mass is 35.5. The van der Waals surface area contributed by atoms with Gasteiger partial charge in [-0.2, -0.15) is 8.42 Å². The summed E-state index contributed by atoms with van der Waals surface area (Å²) in [5.41, 5.74) is 0.378. The van der Waals surface area contributed by atoms with Crippen LogP contribution in [0.25, 0.3) is 0 Å². The molecule has 0 saturated heterocycles. The van der Waals surface area contributed by atoms with E-state index in [0.29, 0.717) is 10.7 Å². The summed E-state index contributed by atoms with van der Waals surface area (Å²) in [7, 11) is -2.39. The Morgan fingerprint density at radius 3 is 2.18 bits per heavy atom. The van der Waals surface area contributed by atoms with Gasteiger partial charge >= 0.3 is 10.5 Å². The molecule has 11 heavy (non-hydrogen) atoms. The molecule has 0 heterocycles. The third-order valence-corrected chi connectivity index (χ3v) is 1.62. The van der Waals surface area contributed by atoms with Crippen molar-refractivity contribution in [1.29, 1.82) is 0 Å². The summed E-state index contributed by atoms with van der Waals surface area (Å²) in [5, 5.41) is 0.556. The van der Waals surface area contributed by atoms with E-state index in [4.69, 9.17) is 11.6 Å². The van der Waals surface area contributed by atoms with Crippen LogP contribution in [0.4, 0.5) is 5.69 Å². The largest absolute Gasteiger partial charge is 0.316 e. The minimum atomic E-state index is -2.39. The molecule has 0 aromatic heterocycles. The zero-order valence-corrected chi connectivity index (χ0v) is 6.93. The third-order valence-electron chi connectivity index (χ3n) is 1.01. The van der Waals surface area contributed by atoms with Crippen molar-refractivity contribution >= 4 is 27.8 Å². The van der Waals surface area contributed by atoms with Gasteiger partial charge in [-0.1, -0.05) is 11.6 Å². The molecule has 0 aliphatic carbocycles. The van der Waals surface area contributed by atoms with E-state index in [9.17, 15) is 8.42 Å². The van der Waals surface area contributed by atoms with Crippen LogP contribution in [0.5, 0.6) is 0 Å². The number of rotatable bonds is 1. The van der Waals surface area contributed by atoms with Crippen molar-refractivity contribution in [2.24, 2.45) is 4.36 Å². The smallest absolute Gasteiger partial charge is 0.163 e. The van der Waals surface area contributed by atoms with Crippen LogP contribution >= 0.6 is 11.6 Å². The van der Waals surface area contributed by atoms with Gasteiger partial charge in [-0.15, -0.1) is 4.36 Å². The summed E-state index contributed by atoms with van der Waals surface area (Å²) in [6.45, 7) is 0. The van der Waals surface area contributed by atoms with Crippen LogP contribution in [0.15, 0.2) is 28.6 Å². The fraction of sp³-hybridized carbons (Fsp3) is 0. The van der Waals surface area contributed by atoms with Crippen LogP contribution in [-0.4, -0.2) is 8.42 Å². The molecule has 0 unspecified atom stereocenters. The Hall–Kier alpha value is -0.870. The fourth-order valence-electron chi connectivity index (χ4n) is 0.588. The van der Waals surface area contributed by atoms with Gasteiger partial charge in [0.15, 0.2) is 0 Å². The van der Waals surface area contributed by atoms with Crippen molar-refractivity contribution in [1.82, 2.24) is 0 Å². The molecular formula is C6H4ClNO2S. The van der Waals surface area contributed by atoms with Gasteiger partial charge in [0.1, 0.15) is 0 Å². The van der Waals surface area contributed by atoms with E-state index < -0.39 is 10.5 Å². The first-order chi connectivity index (χ1) is 5.18. The quantitative estimate of drug-likeness (QED) is 0.679. The molecule has 0 spiro atoms. The van der Waals surface area contributed by atoms with Crippen molar-refractivity contribution in [3.8, 4) is 0 Å². The molecular weight excluding hydrogens is 186 g/mol. The van der Waals surface area contributed by atoms with Gasteiger partial charge in [0.25, 0.3) is 0 Å². The first-order valence-electron chi connectivity index (χ1n) is 2.75. The van der Waals surface area contributed by atoms with Crippen LogP contribution in [-0.2, 0) is 10.5 Å². The molecule has 1 aromatic rings. The monoisotopic (exact) mass is 189 g/mol. The summed E-state index contributed by atoms with van der Waals surface area (Å²) >= 11 is 5.55. The summed E-state index contributed by atoms with van der Waals surface area (Å²) in [4.78, 5) is 0. The van der Waals surface area contributed by atoms with Gasteiger partial charge in [-0.25, -0.2) is 0 Å². The highest BCUT2D eigenvalue weighted by Crippen LogP contribution is 2.15. The minimum absolute atomic E-state index is 0.378. The average molecular weight is 190 g/mol. The SMILES string of the molecule is O=S(=O)=Nc1ccc(Cl)cc1. The Labute approximate surface area is 70.3 Å². The molecule has 0 amide bonds. The number of benzene rings is 1. The molecule has 0 radical (unpaired) electrons. The second kappa shape index (κ2) is 3.50. The molecule has 0 atom stereocenters. The van der Waals surface area contributed by atoms with E-state index >= 15 is 0 Å². The van der Waals surface area contributed by atoms with Gasteiger partial charge in [0.2, 0.25) is 0 Å². The van der Waals surface area contributed by atoms with Gasteiger partial charge in [0, 0.05) is 5.02 Å². The minimum Gasteiger partial charge on any atom is -0.163 e. The van der Waals surface area contributed by atoms with E-state index in [0.717, 1.165) is 0 Å². The first-order valence-corrected chi connectivity index (χ1v) is 4.16. The molecule has 0 aliphatic rings. The Bertz CT molecular complexity index is 360. The molecule has 5 heteroatoms. The lowest BCUT2D eigenvalue weighted by molar-refractivity contribution is 0.622. The lowest BCUT2D eigenvalue weighted by Crippen LogP contribution is -1.63. The fourth-order valence-corrected chi connectivity index (χ4v) is 1.01. The molecule has 1 aromatic carbocycles. The van der Waals surface area contributed by atoms with E-state index in [1.165, 1.54) is 12.1 Å². The Balaban J connectivity index is 3.09. The number of hydrogen-bond acceptors (Lipinski definition) is 3. The summed E-state index contributed by atoms with van der Waals surface area (Å²) in [6.07, 6.45) is 0. The van der Waals surface area contributed by atoms with Gasteiger partial charge in [-0.05, 0) is 24.3 Å². The normalized spacial score (nSPS) is 9.18. The standard InChI is InChI=1S/C6H4ClNO2S/c7-5-1-3-6(4-2-5)8-11(9)10/h1-4H. The highest BCUT2D eigenvalue weighted by Gasteiger charge is 1.88. The van der Waals surface area contributed by atoms with Crippen LogP contribution in [0.1, 0.15) is 0 Å². The Morgan fingerprint density at radius 1 is 1.18 bits per heavy atom. The van der Waals surface area contributed by atoms with Crippen molar-refractivity contribution in [3.05, 3.63) is 29.3 Å². The molecule has 0 bridgehead atoms. The van der Waals surface area contributed by atoms with Crippen LogP contribution in [0, 0.1) is 0 Å². The van der Waals surface area contributed by atoms with E-state index in [1.54, 1.807) is 12.1 Å². The van der Waals surface area contributed by atoms with Crippen molar-refractivity contribution < 1.29 is 8.42 Å². The van der Waals surface area contributed by atoms with E-state index in [1.807, 2.05) is 0 Å². The number of halogens is 1. The van der Waals surface area contributed by atoms with Crippen LogP contribution in [0.2, 0.25) is 5.02 Å². The Morgan fingerprint density at radius 2 is 1.73 bits per heavy atom. The van der Waals surface area contributed by atoms with Crippen LogP contribution in [0.3, 0.4) is 0 Å². The van der Waals surface area contributed by atoms with Gasteiger partial charge < -0.3 is 0 Å². The van der Waals surface area contributed by atoms with Gasteiger partial charge in [-0.3, -0.25) is 0 Å². The lowest BCUT2D eigenvalue weighted by atomic mass is 10.3. The Kier molecular flexibility index (Phi) is 2.62. The third kappa shape index (κ3) is 2.69. The van der Waals surface area contributed by atoms with E-state index in [2.05, 4.69) is 4.36 Å². The zero-order chi connectivity index (χ0) is 8.27. The van der Waals surface area contributed by atoms with Crippen molar-refractivity contribution in [2.45, 2.75) is 0 Å². The number of hydrogen-bond donors (Lipinski definition) is 0. The van der Waals surface area contributed by atoms with Crippen molar-refractivity contribution in [3.63, 3.8) is 0 Å². The van der Waals surface area contributed by atoms with Crippen molar-refractivity contribution in [2.75, 3.05) is 0 Å². The molecule has 1 rings (SSSR count). The topological polar surface area (TPSA) is 46.5 Å². The maximum atomic E-state index is 10.1. The molecule has 0 aliphatic heterocycles. The maximum absolute atomic E-state index is 10.1. The highest BCUT2D eigenvalue weighted by molar-refractivity contribution is 7.61. The summed E-state index contributed by atoms with van der Waals surface area (Å²) in [6, 6.07) is 6.21. The molecule has 0 N–H and O–H groups in total. The second-order valence-corrected chi connectivity index (χ2v) is 2.84. The average Bonchev–Trinajstić information content (AvgIpc) is 1.93. The van der Waals surface area contributed by atoms with E-state index in [-0.39, 0.29) is 0 Å². The lowest BCUT2D eigenvalue weighted by Gasteiger charge is -1.87. The summed E-state index contributed by atoms with van der Waals surface area (Å²) < 4.78 is 23.4. The predicted octanol–water partition coefficient (Wildman–Crippen LogP) is 2.03. The second-order valence-electron chi connectivity index (χ2n) is 1.78. The summed E-state index contributed by atoms with van der Waals surface area (Å²) in [5.74, 6) is 0. The maximum Gasteiger partial charge on any atom is 0.316 e. The molecule has 0 saturated carbocycles. The van der Waals surface area contributed by atoms with Crippen LogP contribution < -0.4 is 0 Å². The molecule has 0 fully saturated rings. The predicted molar refractivity (Wildman–Crippen MR) is 42.5 cm³/mol.